The van der Waals surface area contributed by atoms with Crippen molar-refractivity contribution in [1.29, 1.82) is 0 Å². The molecule has 0 aliphatic heterocycles. The molecule has 0 spiro atoms. The van der Waals surface area contributed by atoms with Crippen molar-refractivity contribution in [2.24, 2.45) is 0 Å². The third-order valence-electron chi connectivity index (χ3n) is 5.61. The molecule has 0 fully saturated rings. The van der Waals surface area contributed by atoms with E-state index in [0.29, 0.717) is 4.90 Å². The van der Waals surface area contributed by atoms with Crippen LogP contribution < -0.4 is 0 Å². The molecule has 6 heteroatoms. The van der Waals surface area contributed by atoms with Crippen LogP contribution in [0.15, 0.2) is 87.5 Å². The van der Waals surface area contributed by atoms with E-state index < -0.39 is 29.6 Å². The van der Waals surface area contributed by atoms with E-state index in [1.165, 1.54) is 17.2 Å². The molecule has 0 aliphatic carbocycles. The van der Waals surface area contributed by atoms with Crippen LogP contribution in [-0.2, 0) is 26.5 Å². The maximum absolute atomic E-state index is 12.7. The van der Waals surface area contributed by atoms with Crippen molar-refractivity contribution in [1.82, 2.24) is 0 Å². The Morgan fingerprint density at radius 2 is 1.14 bits per heavy atom. The standard InChI is InChI=1S/C29H32F3O2S/c1-27(2,3)20-11-15-22(16-12-20)35(23-17-13-21(14-18-23)28(4,5)6)25-10-8-7-9-24(25)26(33)34-19-29(30,31)32/h7-18H,19H2,1-6H3/q+1. The molecule has 186 valence electrons. The van der Waals surface area contributed by atoms with Crippen LogP contribution in [-0.4, -0.2) is 18.8 Å². The SMILES string of the molecule is CC(C)(C)c1ccc([S+](c2ccc(C(C)(C)C)cc2)c2ccccc2C(=O)OCC(F)(F)F)cc1. The highest BCUT2D eigenvalue weighted by Crippen LogP contribution is 2.36. The first-order valence-electron chi connectivity index (χ1n) is 11.4. The predicted octanol–water partition coefficient (Wildman–Crippen LogP) is 8.10. The molecular weight excluding hydrogens is 469 g/mol. The monoisotopic (exact) mass is 501 g/mol. The van der Waals surface area contributed by atoms with Crippen LogP contribution in [0.2, 0.25) is 0 Å². The summed E-state index contributed by atoms with van der Waals surface area (Å²) in [5.41, 5.74) is 2.44. The lowest BCUT2D eigenvalue weighted by Crippen LogP contribution is -2.21. The number of hydrogen-bond acceptors (Lipinski definition) is 2. The Kier molecular flexibility index (Phi) is 7.75. The Hall–Kier alpha value is -2.73. The molecule has 0 amide bonds. The highest BCUT2D eigenvalue weighted by molar-refractivity contribution is 7.97. The van der Waals surface area contributed by atoms with E-state index in [-0.39, 0.29) is 16.4 Å². The van der Waals surface area contributed by atoms with Crippen LogP contribution in [0.25, 0.3) is 0 Å². The van der Waals surface area contributed by atoms with Crippen molar-refractivity contribution in [3.05, 3.63) is 89.5 Å². The van der Waals surface area contributed by atoms with Gasteiger partial charge in [0.2, 0.25) is 0 Å². The van der Waals surface area contributed by atoms with Gasteiger partial charge in [0.1, 0.15) is 16.5 Å². The normalized spacial score (nSPS) is 12.6. The van der Waals surface area contributed by atoms with Gasteiger partial charge in [-0.25, -0.2) is 4.79 Å². The molecule has 0 saturated carbocycles. The maximum Gasteiger partial charge on any atom is 0.422 e. The van der Waals surface area contributed by atoms with Gasteiger partial charge in [-0.2, -0.15) is 13.2 Å². The summed E-state index contributed by atoms with van der Waals surface area (Å²) in [5.74, 6) is -0.979. The van der Waals surface area contributed by atoms with Gasteiger partial charge < -0.3 is 4.74 Å². The molecule has 0 atom stereocenters. The minimum absolute atomic E-state index is 0.0230. The summed E-state index contributed by atoms with van der Waals surface area (Å²) < 4.78 is 42.8. The number of carbonyl (C=O) groups excluding carboxylic acids is 1. The van der Waals surface area contributed by atoms with Crippen LogP contribution in [0.4, 0.5) is 13.2 Å². The molecule has 0 saturated heterocycles. The van der Waals surface area contributed by atoms with Crippen molar-refractivity contribution in [2.75, 3.05) is 6.61 Å². The van der Waals surface area contributed by atoms with E-state index in [9.17, 15) is 18.0 Å². The summed E-state index contributed by atoms with van der Waals surface area (Å²) in [7, 11) is -0.724. The van der Waals surface area contributed by atoms with Crippen molar-refractivity contribution < 1.29 is 22.7 Å². The molecule has 35 heavy (non-hydrogen) atoms. The summed E-state index contributed by atoms with van der Waals surface area (Å²) in [6.07, 6.45) is -4.59. The van der Waals surface area contributed by atoms with Crippen LogP contribution in [0.5, 0.6) is 0 Å². The van der Waals surface area contributed by atoms with E-state index in [2.05, 4.69) is 70.5 Å². The zero-order valence-electron chi connectivity index (χ0n) is 21.0. The van der Waals surface area contributed by atoms with Crippen LogP contribution in [0.1, 0.15) is 63.0 Å². The molecule has 0 unspecified atom stereocenters. The van der Waals surface area contributed by atoms with Gasteiger partial charge in [0, 0.05) is 0 Å². The average molecular weight is 502 g/mol. The highest BCUT2D eigenvalue weighted by Gasteiger charge is 2.36. The lowest BCUT2D eigenvalue weighted by atomic mass is 9.87. The quantitative estimate of drug-likeness (QED) is 0.261. The predicted molar refractivity (Wildman–Crippen MR) is 135 cm³/mol. The molecule has 0 bridgehead atoms. The smallest absolute Gasteiger partial charge is 0.422 e. The summed E-state index contributed by atoms with van der Waals surface area (Å²) >= 11 is 0. The van der Waals surface area contributed by atoms with Gasteiger partial charge in [0.15, 0.2) is 21.3 Å². The lowest BCUT2D eigenvalue weighted by molar-refractivity contribution is -0.161. The molecule has 3 aromatic carbocycles. The first-order valence-corrected chi connectivity index (χ1v) is 12.7. The fourth-order valence-corrected chi connectivity index (χ4v) is 5.79. The molecule has 0 aromatic heterocycles. The van der Waals surface area contributed by atoms with E-state index in [4.69, 9.17) is 0 Å². The minimum Gasteiger partial charge on any atom is -0.452 e. The third kappa shape index (κ3) is 6.91. The van der Waals surface area contributed by atoms with E-state index in [1.807, 2.05) is 24.3 Å². The summed E-state index contributed by atoms with van der Waals surface area (Å²) in [4.78, 5) is 15.3. The molecule has 0 N–H and O–H groups in total. The zero-order valence-corrected chi connectivity index (χ0v) is 21.8. The number of carbonyl (C=O) groups is 1. The fraction of sp³-hybridized carbons (Fsp3) is 0.345. The van der Waals surface area contributed by atoms with Gasteiger partial charge in [-0.15, -0.1) is 0 Å². The van der Waals surface area contributed by atoms with Crippen LogP contribution >= 0.6 is 0 Å². The van der Waals surface area contributed by atoms with E-state index >= 15 is 0 Å². The van der Waals surface area contributed by atoms with Crippen molar-refractivity contribution in [2.45, 2.75) is 73.2 Å². The minimum atomic E-state index is -4.59. The van der Waals surface area contributed by atoms with Crippen molar-refractivity contribution in [3.8, 4) is 0 Å². The molecule has 3 rings (SSSR count). The number of hydrogen-bond donors (Lipinski definition) is 0. The van der Waals surface area contributed by atoms with Gasteiger partial charge in [0.05, 0.1) is 0 Å². The van der Waals surface area contributed by atoms with E-state index in [1.54, 1.807) is 18.2 Å². The fourth-order valence-electron chi connectivity index (χ4n) is 3.61. The zero-order chi connectivity index (χ0) is 26.0. The Balaban J connectivity index is 2.12. The highest BCUT2D eigenvalue weighted by atomic mass is 32.2. The Labute approximate surface area is 208 Å². The third-order valence-corrected chi connectivity index (χ3v) is 7.89. The first-order chi connectivity index (χ1) is 16.2. The molecular formula is C29H32F3O2S+. The first kappa shape index (κ1) is 26.9. The molecule has 0 radical (unpaired) electrons. The number of alkyl halides is 3. The largest absolute Gasteiger partial charge is 0.452 e. The van der Waals surface area contributed by atoms with Gasteiger partial charge >= 0.3 is 12.1 Å². The second-order valence-corrected chi connectivity index (χ2v) is 12.5. The molecule has 0 heterocycles. The number of rotatable bonds is 5. The number of halogens is 3. The summed E-state index contributed by atoms with van der Waals surface area (Å²) in [5, 5.41) is 0. The molecule has 3 aromatic rings. The second kappa shape index (κ2) is 10.1. The van der Waals surface area contributed by atoms with Crippen LogP contribution in [0, 0.1) is 0 Å². The van der Waals surface area contributed by atoms with Gasteiger partial charge in [0.25, 0.3) is 0 Å². The summed E-state index contributed by atoms with van der Waals surface area (Å²) in [6.45, 7) is 11.2. The van der Waals surface area contributed by atoms with E-state index in [0.717, 1.165) is 9.79 Å². The van der Waals surface area contributed by atoms with Crippen molar-refractivity contribution in [3.63, 3.8) is 0 Å². The van der Waals surface area contributed by atoms with Gasteiger partial charge in [-0.3, -0.25) is 0 Å². The van der Waals surface area contributed by atoms with Crippen LogP contribution in [0.3, 0.4) is 0 Å². The van der Waals surface area contributed by atoms with Gasteiger partial charge in [-0.1, -0.05) is 77.9 Å². The maximum atomic E-state index is 12.7. The topological polar surface area (TPSA) is 26.3 Å². The Morgan fingerprint density at radius 3 is 1.54 bits per heavy atom. The second-order valence-electron chi connectivity index (χ2n) is 10.5. The van der Waals surface area contributed by atoms with Crippen molar-refractivity contribution >= 4 is 16.9 Å². The number of esters is 1. The Morgan fingerprint density at radius 1 is 0.714 bits per heavy atom. The lowest BCUT2D eigenvalue weighted by Gasteiger charge is -2.20. The number of benzene rings is 3. The Bertz CT molecular complexity index is 1100. The van der Waals surface area contributed by atoms with Gasteiger partial charge in [-0.05, 0) is 58.4 Å². The molecule has 0 aliphatic rings. The average Bonchev–Trinajstić information content (AvgIpc) is 2.77. The summed E-state index contributed by atoms with van der Waals surface area (Å²) in [6, 6.07) is 23.2. The molecule has 2 nitrogen and oxygen atoms in total. The number of ether oxygens (including phenoxy) is 1.